The van der Waals surface area contributed by atoms with Gasteiger partial charge in [-0.2, -0.15) is 0 Å². The molecule has 1 aliphatic rings. The number of esters is 1. The molecule has 0 radical (unpaired) electrons. The highest BCUT2D eigenvalue weighted by Gasteiger charge is 2.28. The van der Waals surface area contributed by atoms with Crippen LogP contribution < -0.4 is 10.1 Å². The van der Waals surface area contributed by atoms with Crippen molar-refractivity contribution in [2.75, 3.05) is 5.32 Å². The Hall–Kier alpha value is -2.69. The van der Waals surface area contributed by atoms with Crippen molar-refractivity contribution in [2.24, 2.45) is 0 Å². The average molecular weight is 282 g/mol. The van der Waals surface area contributed by atoms with Gasteiger partial charge in [0.05, 0.1) is 18.3 Å². The number of benzene rings is 1. The molecule has 0 fully saturated rings. The lowest BCUT2D eigenvalue weighted by Gasteiger charge is -2.23. The quantitative estimate of drug-likeness (QED) is 0.693. The molecule has 1 amide bonds. The maximum absolute atomic E-state index is 12.1. The van der Waals surface area contributed by atoms with E-state index in [-0.39, 0.29) is 30.6 Å². The molecule has 1 atom stereocenters. The van der Waals surface area contributed by atoms with E-state index in [1.54, 1.807) is 30.6 Å². The fourth-order valence-electron chi connectivity index (χ4n) is 2.44. The third-order valence-corrected chi connectivity index (χ3v) is 3.37. The molecule has 5 heteroatoms. The average Bonchev–Trinajstić information content (AvgIpc) is 2.48. The topological polar surface area (TPSA) is 68.3 Å². The van der Waals surface area contributed by atoms with Crippen LogP contribution in [0.15, 0.2) is 48.8 Å². The van der Waals surface area contributed by atoms with Gasteiger partial charge in [-0.1, -0.05) is 18.2 Å². The Kier molecular flexibility index (Phi) is 3.64. The third kappa shape index (κ3) is 3.08. The zero-order chi connectivity index (χ0) is 14.7. The number of nitrogens with zero attached hydrogens (tertiary/aromatic N) is 1. The highest BCUT2D eigenvalue weighted by Crippen LogP contribution is 2.36. The number of nitrogens with one attached hydrogen (secondary N) is 1. The van der Waals surface area contributed by atoms with E-state index < -0.39 is 0 Å². The fourth-order valence-corrected chi connectivity index (χ4v) is 2.44. The molecule has 0 spiro atoms. The monoisotopic (exact) mass is 282 g/mol. The van der Waals surface area contributed by atoms with Crippen LogP contribution >= 0.6 is 0 Å². The Morgan fingerprint density at radius 1 is 1.29 bits per heavy atom. The number of fused-ring (bicyclic) bond motifs is 1. The van der Waals surface area contributed by atoms with Crippen molar-refractivity contribution in [3.63, 3.8) is 0 Å². The molecule has 2 heterocycles. The molecule has 21 heavy (non-hydrogen) atoms. The van der Waals surface area contributed by atoms with Gasteiger partial charge in [-0.15, -0.1) is 0 Å². The molecule has 0 unspecified atom stereocenters. The van der Waals surface area contributed by atoms with E-state index in [0.29, 0.717) is 11.4 Å². The second-order valence-electron chi connectivity index (χ2n) is 4.91. The molecule has 1 aromatic heterocycles. The fraction of sp³-hybridized carbons (Fsp3) is 0.188. The van der Waals surface area contributed by atoms with Gasteiger partial charge in [0.1, 0.15) is 5.75 Å². The highest BCUT2D eigenvalue weighted by atomic mass is 16.5. The Balaban J connectivity index is 1.73. The van der Waals surface area contributed by atoms with Crippen LogP contribution in [-0.4, -0.2) is 16.9 Å². The Morgan fingerprint density at radius 3 is 2.95 bits per heavy atom. The number of hydrogen-bond acceptors (Lipinski definition) is 4. The summed E-state index contributed by atoms with van der Waals surface area (Å²) in [6.45, 7) is 0. The van der Waals surface area contributed by atoms with Crippen LogP contribution in [0.5, 0.6) is 5.75 Å². The van der Waals surface area contributed by atoms with Crippen LogP contribution in [0.2, 0.25) is 0 Å². The van der Waals surface area contributed by atoms with Gasteiger partial charge in [0.25, 0.3) is 0 Å². The van der Waals surface area contributed by atoms with Crippen molar-refractivity contribution < 1.29 is 14.3 Å². The lowest BCUT2D eigenvalue weighted by atomic mass is 9.89. The predicted molar refractivity (Wildman–Crippen MR) is 76.9 cm³/mol. The Labute approximate surface area is 122 Å². The first-order chi connectivity index (χ1) is 10.2. The van der Waals surface area contributed by atoms with E-state index >= 15 is 0 Å². The number of aromatic nitrogens is 1. The van der Waals surface area contributed by atoms with E-state index in [9.17, 15) is 9.59 Å². The lowest BCUT2D eigenvalue weighted by molar-refractivity contribution is -0.136. The summed E-state index contributed by atoms with van der Waals surface area (Å²) in [5.74, 6) is -0.0440. The summed E-state index contributed by atoms with van der Waals surface area (Å²) < 4.78 is 5.18. The van der Waals surface area contributed by atoms with Crippen molar-refractivity contribution in [3.8, 4) is 5.75 Å². The first-order valence-corrected chi connectivity index (χ1v) is 6.72. The molecular formula is C16H14N2O3. The first kappa shape index (κ1) is 13.3. The molecule has 1 aromatic carbocycles. The Bertz CT molecular complexity index is 670. The number of ether oxygens (including phenoxy) is 1. The molecule has 2 aromatic rings. The van der Waals surface area contributed by atoms with Gasteiger partial charge in [0.2, 0.25) is 5.91 Å². The number of para-hydroxylation sites is 1. The van der Waals surface area contributed by atoms with Gasteiger partial charge in [-0.05, 0) is 23.8 Å². The number of anilines is 1. The van der Waals surface area contributed by atoms with Crippen LogP contribution in [0.1, 0.15) is 24.3 Å². The van der Waals surface area contributed by atoms with Gasteiger partial charge in [0, 0.05) is 18.5 Å². The first-order valence-electron chi connectivity index (χ1n) is 6.72. The summed E-state index contributed by atoms with van der Waals surface area (Å²) in [7, 11) is 0. The summed E-state index contributed by atoms with van der Waals surface area (Å²) in [6, 6.07) is 10.9. The summed E-state index contributed by atoms with van der Waals surface area (Å²) in [5.41, 5.74) is 1.55. The number of amides is 1. The van der Waals surface area contributed by atoms with Crippen LogP contribution in [-0.2, 0) is 9.59 Å². The normalized spacial score (nSPS) is 16.8. The SMILES string of the molecule is O=C(C[C@H]1CC(=O)Oc2ccccc21)Nc1cccnc1. The molecule has 1 aliphatic heterocycles. The maximum atomic E-state index is 12.1. The van der Waals surface area contributed by atoms with Crippen LogP contribution in [0.3, 0.4) is 0 Å². The minimum absolute atomic E-state index is 0.141. The van der Waals surface area contributed by atoms with Crippen LogP contribution in [0.25, 0.3) is 0 Å². The maximum Gasteiger partial charge on any atom is 0.311 e. The van der Waals surface area contributed by atoms with Gasteiger partial charge in [0.15, 0.2) is 0 Å². The van der Waals surface area contributed by atoms with Crippen molar-refractivity contribution >= 4 is 17.6 Å². The number of carbonyl (C=O) groups is 2. The highest BCUT2D eigenvalue weighted by molar-refractivity contribution is 5.91. The van der Waals surface area contributed by atoms with Crippen molar-refractivity contribution in [2.45, 2.75) is 18.8 Å². The number of rotatable bonds is 3. The molecule has 3 rings (SSSR count). The molecule has 0 bridgehead atoms. The second-order valence-corrected chi connectivity index (χ2v) is 4.91. The lowest BCUT2D eigenvalue weighted by Crippen LogP contribution is -2.24. The zero-order valence-electron chi connectivity index (χ0n) is 11.3. The largest absolute Gasteiger partial charge is 0.426 e. The number of hydrogen-bond donors (Lipinski definition) is 1. The third-order valence-electron chi connectivity index (χ3n) is 3.37. The van der Waals surface area contributed by atoms with Crippen molar-refractivity contribution in [1.29, 1.82) is 0 Å². The molecule has 106 valence electrons. The zero-order valence-corrected chi connectivity index (χ0v) is 11.3. The minimum atomic E-state index is -0.298. The van der Waals surface area contributed by atoms with E-state index in [0.717, 1.165) is 5.56 Å². The van der Waals surface area contributed by atoms with Gasteiger partial charge < -0.3 is 10.1 Å². The molecule has 0 saturated heterocycles. The second kappa shape index (κ2) is 5.75. The minimum Gasteiger partial charge on any atom is -0.426 e. The van der Waals surface area contributed by atoms with Crippen LogP contribution in [0.4, 0.5) is 5.69 Å². The molecular weight excluding hydrogens is 268 g/mol. The summed E-state index contributed by atoms with van der Waals surface area (Å²) in [5, 5.41) is 2.78. The number of pyridine rings is 1. The van der Waals surface area contributed by atoms with Crippen LogP contribution in [0, 0.1) is 0 Å². The molecule has 0 aliphatic carbocycles. The summed E-state index contributed by atoms with van der Waals surface area (Å²) in [4.78, 5) is 27.7. The molecule has 5 nitrogen and oxygen atoms in total. The Morgan fingerprint density at radius 2 is 2.14 bits per heavy atom. The predicted octanol–water partition coefficient (Wildman–Crippen LogP) is 2.50. The molecule has 1 N–H and O–H groups in total. The van der Waals surface area contributed by atoms with E-state index in [1.165, 1.54) is 0 Å². The smallest absolute Gasteiger partial charge is 0.311 e. The van der Waals surface area contributed by atoms with E-state index in [2.05, 4.69) is 10.3 Å². The van der Waals surface area contributed by atoms with Gasteiger partial charge >= 0.3 is 5.97 Å². The van der Waals surface area contributed by atoms with Crippen molar-refractivity contribution in [1.82, 2.24) is 4.98 Å². The summed E-state index contributed by atoms with van der Waals surface area (Å²) in [6.07, 6.45) is 3.68. The van der Waals surface area contributed by atoms with E-state index in [4.69, 9.17) is 4.74 Å². The van der Waals surface area contributed by atoms with Crippen molar-refractivity contribution in [3.05, 3.63) is 54.4 Å². The van der Waals surface area contributed by atoms with Gasteiger partial charge in [-0.25, -0.2) is 0 Å². The summed E-state index contributed by atoms with van der Waals surface area (Å²) >= 11 is 0. The standard InChI is InChI=1S/C16H14N2O3/c19-15(18-12-4-3-7-17-10-12)8-11-9-16(20)21-14-6-2-1-5-13(11)14/h1-7,10-11H,8-9H2,(H,18,19)/t11-/m0/s1. The molecule has 0 saturated carbocycles. The van der Waals surface area contributed by atoms with Gasteiger partial charge in [-0.3, -0.25) is 14.6 Å². The van der Waals surface area contributed by atoms with E-state index in [1.807, 2.05) is 18.2 Å². The number of carbonyl (C=O) groups excluding carboxylic acids is 2.